The van der Waals surface area contributed by atoms with Gasteiger partial charge in [-0.1, -0.05) is 17.8 Å². The summed E-state index contributed by atoms with van der Waals surface area (Å²) in [6, 6.07) is 18.9. The lowest BCUT2D eigenvalue weighted by Gasteiger charge is -2.13. The topological polar surface area (TPSA) is 118 Å². The third kappa shape index (κ3) is 5.85. The maximum Gasteiger partial charge on any atom is 0.175 e. The molecule has 0 saturated heterocycles. The number of anilines is 2. The summed E-state index contributed by atoms with van der Waals surface area (Å²) in [4.78, 5) is 14.0. The van der Waals surface area contributed by atoms with Gasteiger partial charge in [0.1, 0.15) is 22.7 Å². The third-order valence-electron chi connectivity index (χ3n) is 4.31. The van der Waals surface area contributed by atoms with E-state index in [1.165, 1.54) is 30.1 Å². The molecular weight excluding hydrogens is 458 g/mol. The van der Waals surface area contributed by atoms with E-state index in [4.69, 9.17) is 10.00 Å². The first-order valence-corrected chi connectivity index (χ1v) is 12.3. The van der Waals surface area contributed by atoms with Crippen molar-refractivity contribution in [3.05, 3.63) is 84.8 Å². The fourth-order valence-electron chi connectivity index (χ4n) is 2.72. The molecule has 0 atom stereocenters. The Bertz CT molecular complexity index is 1400. The number of nitrogens with one attached hydrogen (secondary N) is 1. The SMILES string of the molecule is CS(=O)(=O)c1ccc(Oc2cc(Sc3ccccn3)cnc2Nc2ccc(C#N)cn2)cc1. The van der Waals surface area contributed by atoms with Crippen LogP contribution in [0.5, 0.6) is 11.5 Å². The maximum absolute atomic E-state index is 11.7. The van der Waals surface area contributed by atoms with Gasteiger partial charge >= 0.3 is 0 Å². The zero-order chi connectivity index (χ0) is 23.3. The Balaban J connectivity index is 1.65. The molecule has 0 saturated carbocycles. The van der Waals surface area contributed by atoms with Crippen LogP contribution in [-0.2, 0) is 9.84 Å². The summed E-state index contributed by atoms with van der Waals surface area (Å²) in [5.41, 5.74) is 0.443. The molecule has 0 aliphatic carbocycles. The van der Waals surface area contributed by atoms with E-state index in [0.29, 0.717) is 28.7 Å². The minimum absolute atomic E-state index is 0.201. The molecule has 4 rings (SSSR count). The second-order valence-electron chi connectivity index (χ2n) is 6.80. The summed E-state index contributed by atoms with van der Waals surface area (Å²) < 4.78 is 29.5. The van der Waals surface area contributed by atoms with Gasteiger partial charge in [0.25, 0.3) is 0 Å². The maximum atomic E-state index is 11.7. The van der Waals surface area contributed by atoms with Crippen LogP contribution in [0, 0.1) is 11.3 Å². The fraction of sp³-hybridized carbons (Fsp3) is 0.0435. The van der Waals surface area contributed by atoms with Crippen molar-refractivity contribution in [3.8, 4) is 17.6 Å². The van der Waals surface area contributed by atoms with Gasteiger partial charge in [-0.15, -0.1) is 0 Å². The molecule has 0 bridgehead atoms. The molecule has 1 aromatic carbocycles. The van der Waals surface area contributed by atoms with Gasteiger partial charge in [-0.05, 0) is 48.5 Å². The van der Waals surface area contributed by atoms with Crippen LogP contribution in [0.25, 0.3) is 0 Å². The van der Waals surface area contributed by atoms with E-state index in [0.717, 1.165) is 16.2 Å². The molecule has 0 fully saturated rings. The number of sulfone groups is 1. The molecule has 8 nitrogen and oxygen atoms in total. The summed E-state index contributed by atoms with van der Waals surface area (Å²) in [6.07, 6.45) is 6.00. The number of aromatic nitrogens is 3. The number of nitrogens with zero attached hydrogens (tertiary/aromatic N) is 4. The van der Waals surface area contributed by atoms with Gasteiger partial charge in [-0.25, -0.2) is 23.4 Å². The summed E-state index contributed by atoms with van der Waals surface area (Å²) in [5.74, 6) is 1.75. The van der Waals surface area contributed by atoms with Crippen LogP contribution in [-0.4, -0.2) is 29.6 Å². The number of hydrogen-bond acceptors (Lipinski definition) is 9. The zero-order valence-electron chi connectivity index (χ0n) is 17.3. The predicted octanol–water partition coefficient (Wildman–Crippen LogP) is 4.83. The van der Waals surface area contributed by atoms with Crippen molar-refractivity contribution < 1.29 is 13.2 Å². The monoisotopic (exact) mass is 475 g/mol. The van der Waals surface area contributed by atoms with E-state index >= 15 is 0 Å². The van der Waals surface area contributed by atoms with Crippen LogP contribution < -0.4 is 10.1 Å². The van der Waals surface area contributed by atoms with E-state index in [2.05, 4.69) is 20.3 Å². The standard InChI is InChI=1S/C23H17N5O3S2/c1-33(29,30)19-8-6-17(7-9-19)31-20-12-18(32-22-4-2-3-11-25-22)15-27-23(20)28-21-10-5-16(13-24)14-26-21/h2-12,14-15H,1H3,(H,26,27,28). The van der Waals surface area contributed by atoms with E-state index < -0.39 is 9.84 Å². The minimum atomic E-state index is -3.31. The number of benzene rings is 1. The van der Waals surface area contributed by atoms with Gasteiger partial charge in [0.15, 0.2) is 21.4 Å². The van der Waals surface area contributed by atoms with E-state index in [9.17, 15) is 8.42 Å². The molecule has 0 radical (unpaired) electrons. The van der Waals surface area contributed by atoms with Gasteiger partial charge < -0.3 is 10.1 Å². The predicted molar refractivity (Wildman–Crippen MR) is 124 cm³/mol. The molecule has 1 N–H and O–H groups in total. The first-order valence-electron chi connectivity index (χ1n) is 9.61. The highest BCUT2D eigenvalue weighted by molar-refractivity contribution is 7.99. The largest absolute Gasteiger partial charge is 0.453 e. The highest BCUT2D eigenvalue weighted by atomic mass is 32.2. The van der Waals surface area contributed by atoms with Crippen molar-refractivity contribution in [2.45, 2.75) is 14.8 Å². The average molecular weight is 476 g/mol. The van der Waals surface area contributed by atoms with Crippen molar-refractivity contribution in [1.29, 1.82) is 5.26 Å². The first kappa shape index (κ1) is 22.3. The average Bonchev–Trinajstić information content (AvgIpc) is 2.82. The number of ether oxygens (including phenoxy) is 1. The van der Waals surface area contributed by atoms with Crippen LogP contribution in [0.1, 0.15) is 5.56 Å². The Hall–Kier alpha value is -3.94. The quantitative estimate of drug-likeness (QED) is 0.401. The second-order valence-corrected chi connectivity index (χ2v) is 9.91. The Kier molecular flexibility index (Phi) is 6.53. The van der Waals surface area contributed by atoms with Crippen LogP contribution in [0.15, 0.2) is 94.1 Å². The lowest BCUT2D eigenvalue weighted by atomic mass is 10.3. The third-order valence-corrected chi connectivity index (χ3v) is 6.34. The lowest BCUT2D eigenvalue weighted by molar-refractivity contribution is 0.480. The molecule has 0 aliphatic rings. The number of rotatable bonds is 7. The zero-order valence-corrected chi connectivity index (χ0v) is 19.0. The van der Waals surface area contributed by atoms with Crippen LogP contribution in [0.3, 0.4) is 0 Å². The summed E-state index contributed by atoms with van der Waals surface area (Å²) in [5, 5.41) is 12.9. The molecule has 0 aliphatic heterocycles. The van der Waals surface area contributed by atoms with Crippen LogP contribution in [0.2, 0.25) is 0 Å². The summed E-state index contributed by atoms with van der Waals surface area (Å²) in [6.45, 7) is 0. The van der Waals surface area contributed by atoms with Gasteiger partial charge in [0.05, 0.1) is 10.5 Å². The Morgan fingerprint density at radius 2 is 1.82 bits per heavy atom. The smallest absolute Gasteiger partial charge is 0.175 e. The van der Waals surface area contributed by atoms with E-state index in [-0.39, 0.29) is 4.90 Å². The lowest BCUT2D eigenvalue weighted by Crippen LogP contribution is -2.00. The molecule has 164 valence electrons. The van der Waals surface area contributed by atoms with Crippen molar-refractivity contribution in [2.24, 2.45) is 0 Å². The van der Waals surface area contributed by atoms with Gasteiger partial charge in [-0.3, -0.25) is 0 Å². The highest BCUT2D eigenvalue weighted by Gasteiger charge is 2.13. The summed E-state index contributed by atoms with van der Waals surface area (Å²) in [7, 11) is -3.31. The Labute approximate surface area is 195 Å². The van der Waals surface area contributed by atoms with Gasteiger partial charge in [0.2, 0.25) is 0 Å². The van der Waals surface area contributed by atoms with Gasteiger partial charge in [-0.2, -0.15) is 5.26 Å². The normalized spacial score (nSPS) is 10.9. The Morgan fingerprint density at radius 1 is 1.00 bits per heavy atom. The molecule has 0 spiro atoms. The minimum Gasteiger partial charge on any atom is -0.453 e. The molecule has 10 heteroatoms. The molecule has 0 unspecified atom stereocenters. The van der Waals surface area contributed by atoms with Crippen LogP contribution >= 0.6 is 11.8 Å². The van der Waals surface area contributed by atoms with E-state index in [1.54, 1.807) is 36.7 Å². The van der Waals surface area contributed by atoms with E-state index in [1.807, 2.05) is 30.3 Å². The first-order chi connectivity index (χ1) is 15.9. The molecule has 3 aromatic heterocycles. The molecule has 0 amide bonds. The molecule has 3 heterocycles. The summed E-state index contributed by atoms with van der Waals surface area (Å²) >= 11 is 1.43. The number of nitriles is 1. The number of pyridine rings is 3. The van der Waals surface area contributed by atoms with Crippen molar-refractivity contribution in [2.75, 3.05) is 11.6 Å². The van der Waals surface area contributed by atoms with Crippen LogP contribution in [0.4, 0.5) is 11.6 Å². The highest BCUT2D eigenvalue weighted by Crippen LogP contribution is 2.35. The molecular formula is C23H17N5O3S2. The fourth-order valence-corrected chi connectivity index (χ4v) is 4.12. The van der Waals surface area contributed by atoms with Crippen molar-refractivity contribution in [3.63, 3.8) is 0 Å². The van der Waals surface area contributed by atoms with Crippen molar-refractivity contribution >= 4 is 33.2 Å². The van der Waals surface area contributed by atoms with Gasteiger partial charge in [0, 0.05) is 35.8 Å². The Morgan fingerprint density at radius 3 is 2.45 bits per heavy atom. The number of hydrogen-bond donors (Lipinski definition) is 1. The molecule has 33 heavy (non-hydrogen) atoms. The second kappa shape index (κ2) is 9.68. The molecule has 4 aromatic rings. The van der Waals surface area contributed by atoms with Crippen molar-refractivity contribution in [1.82, 2.24) is 15.0 Å².